The van der Waals surface area contributed by atoms with Gasteiger partial charge in [-0.1, -0.05) is 30.3 Å². The van der Waals surface area contributed by atoms with E-state index in [2.05, 4.69) is 60.6 Å². The molecule has 2 rings (SSSR count). The molecule has 23 heavy (non-hydrogen) atoms. The monoisotopic (exact) mass is 318 g/mol. The third kappa shape index (κ3) is 4.53. The molecule has 0 amide bonds. The number of benzene rings is 1. The fourth-order valence-corrected chi connectivity index (χ4v) is 3.06. The molecule has 6 nitrogen and oxygen atoms in total. The Hall–Kier alpha value is -1.92. The maximum Gasteiger partial charge on any atom is 0.437 e. The minimum Gasteiger partial charge on any atom is -0.393 e. The molecule has 1 heterocycles. The van der Waals surface area contributed by atoms with Crippen LogP contribution >= 0.6 is 0 Å². The van der Waals surface area contributed by atoms with E-state index in [9.17, 15) is 4.79 Å². The average Bonchev–Trinajstić information content (AvgIpc) is 2.77. The third-order valence-electron chi connectivity index (χ3n) is 3.87. The van der Waals surface area contributed by atoms with Gasteiger partial charge in [-0.25, -0.2) is 4.79 Å². The zero-order valence-electron chi connectivity index (χ0n) is 14.5. The Morgan fingerprint density at radius 1 is 1.26 bits per heavy atom. The first kappa shape index (κ1) is 17.4. The van der Waals surface area contributed by atoms with Crippen LogP contribution in [0.5, 0.6) is 0 Å². The highest BCUT2D eigenvalue weighted by Gasteiger charge is 2.23. The number of aryl methyl sites for hydroxylation is 1. The number of rotatable bonds is 7. The third-order valence-corrected chi connectivity index (χ3v) is 3.87. The van der Waals surface area contributed by atoms with Crippen molar-refractivity contribution in [3.8, 4) is 0 Å². The van der Waals surface area contributed by atoms with E-state index < -0.39 is 5.76 Å². The van der Waals surface area contributed by atoms with Gasteiger partial charge in [-0.15, -0.1) is 5.10 Å². The molecule has 0 aliphatic carbocycles. The fraction of sp³-hybridized carbons (Fsp3) is 0.529. The minimum atomic E-state index is -0.406. The SMILES string of the molecule is Cc1nn(CC(C)NC(C)C(c2ccccc2)N(C)C)c(=O)o1. The van der Waals surface area contributed by atoms with Gasteiger partial charge in [0.15, 0.2) is 0 Å². The van der Waals surface area contributed by atoms with E-state index in [0.717, 1.165) is 0 Å². The van der Waals surface area contributed by atoms with Gasteiger partial charge in [0, 0.05) is 25.0 Å². The Labute approximate surface area is 137 Å². The van der Waals surface area contributed by atoms with Crippen LogP contribution in [0.3, 0.4) is 0 Å². The maximum absolute atomic E-state index is 11.6. The van der Waals surface area contributed by atoms with Crippen LogP contribution in [0.1, 0.15) is 31.3 Å². The second-order valence-corrected chi connectivity index (χ2v) is 6.24. The quantitative estimate of drug-likeness (QED) is 0.843. The van der Waals surface area contributed by atoms with Crippen molar-refractivity contribution in [3.05, 3.63) is 52.3 Å². The second-order valence-electron chi connectivity index (χ2n) is 6.24. The summed E-state index contributed by atoms with van der Waals surface area (Å²) in [5.41, 5.74) is 1.26. The normalized spacial score (nSPS) is 15.6. The van der Waals surface area contributed by atoms with Gasteiger partial charge in [0.1, 0.15) is 0 Å². The first-order valence-electron chi connectivity index (χ1n) is 7.90. The Bertz CT molecular complexity index is 663. The second kappa shape index (κ2) is 7.57. The number of nitrogens with zero attached hydrogens (tertiary/aromatic N) is 3. The predicted molar refractivity (Wildman–Crippen MR) is 90.4 cm³/mol. The Morgan fingerprint density at radius 2 is 1.91 bits per heavy atom. The molecule has 0 radical (unpaired) electrons. The number of likely N-dealkylation sites (N-methyl/N-ethyl adjacent to an activating group) is 1. The van der Waals surface area contributed by atoms with Gasteiger partial charge in [0.05, 0.1) is 6.54 Å². The summed E-state index contributed by atoms with van der Waals surface area (Å²) < 4.78 is 6.30. The molecule has 0 aliphatic rings. The van der Waals surface area contributed by atoms with E-state index >= 15 is 0 Å². The lowest BCUT2D eigenvalue weighted by Gasteiger charge is -2.33. The van der Waals surface area contributed by atoms with Gasteiger partial charge in [-0.3, -0.25) is 0 Å². The first-order chi connectivity index (χ1) is 10.9. The standard InChI is InChI=1S/C17H26N4O2/c1-12(11-21-17(22)23-14(3)19-21)18-13(2)16(20(4)5)15-9-7-6-8-10-15/h6-10,12-13,16,18H,11H2,1-5H3. The molecule has 0 saturated carbocycles. The molecule has 1 N–H and O–H groups in total. The molecular formula is C17H26N4O2. The summed E-state index contributed by atoms with van der Waals surface area (Å²) >= 11 is 0. The largest absolute Gasteiger partial charge is 0.437 e. The van der Waals surface area contributed by atoms with E-state index in [4.69, 9.17) is 4.42 Å². The van der Waals surface area contributed by atoms with Crippen molar-refractivity contribution in [3.63, 3.8) is 0 Å². The summed E-state index contributed by atoms with van der Waals surface area (Å²) in [5.74, 6) is -0.0123. The van der Waals surface area contributed by atoms with Crippen LogP contribution in [0.2, 0.25) is 0 Å². The van der Waals surface area contributed by atoms with Crippen molar-refractivity contribution in [2.24, 2.45) is 0 Å². The molecule has 126 valence electrons. The van der Waals surface area contributed by atoms with Gasteiger partial charge in [0.2, 0.25) is 5.89 Å². The van der Waals surface area contributed by atoms with E-state index in [0.29, 0.717) is 12.4 Å². The Balaban J connectivity index is 2.05. The molecule has 3 atom stereocenters. The van der Waals surface area contributed by atoms with Gasteiger partial charge in [0.25, 0.3) is 0 Å². The highest BCUT2D eigenvalue weighted by molar-refractivity contribution is 5.20. The molecule has 6 heteroatoms. The molecule has 3 unspecified atom stereocenters. The van der Waals surface area contributed by atoms with Gasteiger partial charge in [-0.2, -0.15) is 4.68 Å². The maximum atomic E-state index is 11.6. The van der Waals surface area contributed by atoms with E-state index in [1.54, 1.807) is 6.92 Å². The topological polar surface area (TPSA) is 63.3 Å². The van der Waals surface area contributed by atoms with E-state index in [1.165, 1.54) is 10.2 Å². The average molecular weight is 318 g/mol. The lowest BCUT2D eigenvalue weighted by molar-refractivity contribution is 0.224. The summed E-state index contributed by atoms with van der Waals surface area (Å²) in [6, 6.07) is 11.0. The number of hydrogen-bond donors (Lipinski definition) is 1. The van der Waals surface area contributed by atoms with Crippen LogP contribution in [0, 0.1) is 6.92 Å². The van der Waals surface area contributed by atoms with E-state index in [-0.39, 0.29) is 18.1 Å². The first-order valence-corrected chi connectivity index (χ1v) is 7.90. The summed E-state index contributed by atoms with van der Waals surface area (Å²) in [7, 11) is 4.15. The van der Waals surface area contributed by atoms with Crippen molar-refractivity contribution in [2.45, 2.75) is 45.4 Å². The highest BCUT2D eigenvalue weighted by atomic mass is 16.4. The number of nitrogens with one attached hydrogen (secondary N) is 1. The van der Waals surface area contributed by atoms with Crippen molar-refractivity contribution < 1.29 is 4.42 Å². The molecule has 0 aliphatic heterocycles. The summed E-state index contributed by atoms with van der Waals surface area (Å²) in [6.45, 7) is 6.36. The smallest absolute Gasteiger partial charge is 0.393 e. The van der Waals surface area contributed by atoms with Crippen molar-refractivity contribution in [2.75, 3.05) is 14.1 Å². The molecule has 0 saturated heterocycles. The zero-order valence-corrected chi connectivity index (χ0v) is 14.5. The van der Waals surface area contributed by atoms with Crippen LogP contribution < -0.4 is 11.1 Å². The zero-order chi connectivity index (χ0) is 17.0. The molecule has 0 spiro atoms. The molecule has 0 bridgehead atoms. The lowest BCUT2D eigenvalue weighted by atomic mass is 9.99. The summed E-state index contributed by atoms with van der Waals surface area (Å²) in [5, 5.41) is 7.64. The number of aromatic nitrogens is 2. The van der Waals surface area contributed by atoms with Crippen LogP contribution in [-0.2, 0) is 6.54 Å². The minimum absolute atomic E-state index is 0.0957. The van der Waals surface area contributed by atoms with Crippen molar-refractivity contribution in [1.82, 2.24) is 20.0 Å². The molecule has 1 aromatic carbocycles. The van der Waals surface area contributed by atoms with Gasteiger partial charge >= 0.3 is 5.76 Å². The van der Waals surface area contributed by atoms with Crippen molar-refractivity contribution in [1.29, 1.82) is 0 Å². The molecular weight excluding hydrogens is 292 g/mol. The summed E-state index contributed by atoms with van der Waals surface area (Å²) in [4.78, 5) is 13.8. The Kier molecular flexibility index (Phi) is 5.74. The van der Waals surface area contributed by atoms with Crippen LogP contribution in [0.25, 0.3) is 0 Å². The lowest BCUT2D eigenvalue weighted by Crippen LogP contribution is -2.45. The van der Waals surface area contributed by atoms with Crippen LogP contribution in [0.4, 0.5) is 0 Å². The predicted octanol–water partition coefficient (Wildman–Crippen LogP) is 1.81. The number of hydrogen-bond acceptors (Lipinski definition) is 5. The van der Waals surface area contributed by atoms with Crippen LogP contribution in [0.15, 0.2) is 39.5 Å². The highest BCUT2D eigenvalue weighted by Crippen LogP contribution is 2.22. The molecule has 0 fully saturated rings. The van der Waals surface area contributed by atoms with Gasteiger partial charge < -0.3 is 14.6 Å². The fourth-order valence-electron chi connectivity index (χ4n) is 3.06. The van der Waals surface area contributed by atoms with Crippen molar-refractivity contribution >= 4 is 0 Å². The van der Waals surface area contributed by atoms with Crippen LogP contribution in [-0.4, -0.2) is 40.9 Å². The molecule has 2 aromatic rings. The molecule has 1 aromatic heterocycles. The van der Waals surface area contributed by atoms with Gasteiger partial charge in [-0.05, 0) is 33.5 Å². The Morgan fingerprint density at radius 3 is 2.43 bits per heavy atom. The summed E-state index contributed by atoms with van der Waals surface area (Å²) in [6.07, 6.45) is 0. The van der Waals surface area contributed by atoms with E-state index in [1.807, 2.05) is 13.0 Å².